The van der Waals surface area contributed by atoms with Crippen molar-refractivity contribution >= 4 is 5.91 Å². The average Bonchev–Trinajstić information content (AvgIpc) is 3.11. The highest BCUT2D eigenvalue weighted by Crippen LogP contribution is 2.25. The second kappa shape index (κ2) is 7.55. The molecule has 1 N–H and O–H groups in total. The van der Waals surface area contributed by atoms with Crippen LogP contribution in [0.4, 0.5) is 0 Å². The number of carbonyl (C=O) groups excluding carboxylic acids is 1. The maximum Gasteiger partial charge on any atom is 0.255 e. The van der Waals surface area contributed by atoms with Crippen molar-refractivity contribution in [3.8, 4) is 11.6 Å². The fourth-order valence-electron chi connectivity index (χ4n) is 3.31. The molecule has 0 bridgehead atoms. The molecule has 0 unspecified atom stereocenters. The normalized spacial score (nSPS) is 14.6. The predicted octanol–water partition coefficient (Wildman–Crippen LogP) is 1.73. The number of hydrogen-bond donors (Lipinski definition) is 1. The lowest BCUT2D eigenvalue weighted by atomic mass is 10.1. The second-order valence-electron chi connectivity index (χ2n) is 6.65. The fourth-order valence-corrected chi connectivity index (χ4v) is 3.31. The van der Waals surface area contributed by atoms with E-state index in [9.17, 15) is 9.59 Å². The topological polar surface area (TPSA) is 91.8 Å². The molecule has 1 aliphatic rings. The van der Waals surface area contributed by atoms with Gasteiger partial charge < -0.3 is 9.88 Å². The highest BCUT2D eigenvalue weighted by molar-refractivity contribution is 5.78. The molecule has 25 heavy (non-hydrogen) atoms. The molecule has 0 aliphatic heterocycles. The number of rotatable bonds is 5. The van der Waals surface area contributed by atoms with Crippen LogP contribution in [0.3, 0.4) is 0 Å². The third-order valence-electron chi connectivity index (χ3n) is 4.76. The van der Waals surface area contributed by atoms with Gasteiger partial charge in [0, 0.05) is 37.2 Å². The Hall–Kier alpha value is -2.57. The minimum absolute atomic E-state index is 0.0500. The van der Waals surface area contributed by atoms with Crippen molar-refractivity contribution in [3.05, 3.63) is 40.1 Å². The SMILES string of the molecule is Cc1nc(-c2ncccn2)[nH]c(=O)c1CC(=O)N(C)CC1CCCC1. The summed E-state index contributed by atoms with van der Waals surface area (Å²) >= 11 is 0. The standard InChI is InChI=1S/C18H23N5O2/c1-12-14(10-15(24)23(2)11-13-6-3-4-7-13)18(25)22-17(21-12)16-19-8-5-9-20-16/h5,8-9,13H,3-4,6-7,10-11H2,1-2H3,(H,21,22,25). The van der Waals surface area contributed by atoms with E-state index in [4.69, 9.17) is 0 Å². The maximum absolute atomic E-state index is 12.5. The third kappa shape index (κ3) is 4.10. The van der Waals surface area contributed by atoms with E-state index in [0.717, 1.165) is 6.54 Å². The summed E-state index contributed by atoms with van der Waals surface area (Å²) in [6, 6.07) is 1.70. The number of hydrogen-bond acceptors (Lipinski definition) is 5. The van der Waals surface area contributed by atoms with Gasteiger partial charge in [-0.1, -0.05) is 12.8 Å². The molecule has 2 aromatic heterocycles. The second-order valence-corrected chi connectivity index (χ2v) is 6.65. The summed E-state index contributed by atoms with van der Waals surface area (Å²) in [6.45, 7) is 2.50. The Morgan fingerprint density at radius 2 is 1.96 bits per heavy atom. The summed E-state index contributed by atoms with van der Waals surface area (Å²) in [4.78, 5) is 41.9. The van der Waals surface area contributed by atoms with E-state index in [1.54, 1.807) is 30.3 Å². The van der Waals surface area contributed by atoms with Crippen LogP contribution in [0.2, 0.25) is 0 Å². The van der Waals surface area contributed by atoms with E-state index in [-0.39, 0.29) is 17.9 Å². The van der Waals surface area contributed by atoms with Crippen molar-refractivity contribution in [2.45, 2.75) is 39.0 Å². The molecule has 132 valence electrons. The molecule has 0 saturated heterocycles. The number of aromatic amines is 1. The first-order valence-electron chi connectivity index (χ1n) is 8.65. The lowest BCUT2D eigenvalue weighted by molar-refractivity contribution is -0.129. The molecule has 1 fully saturated rings. The van der Waals surface area contributed by atoms with Crippen molar-refractivity contribution in [2.75, 3.05) is 13.6 Å². The van der Waals surface area contributed by atoms with Gasteiger partial charge in [-0.05, 0) is 31.7 Å². The van der Waals surface area contributed by atoms with Gasteiger partial charge in [0.1, 0.15) is 0 Å². The molecule has 7 heteroatoms. The van der Waals surface area contributed by atoms with Gasteiger partial charge in [0.25, 0.3) is 5.56 Å². The Morgan fingerprint density at radius 3 is 2.60 bits per heavy atom. The van der Waals surface area contributed by atoms with Gasteiger partial charge in [-0.2, -0.15) is 0 Å². The first-order valence-corrected chi connectivity index (χ1v) is 8.65. The molecule has 7 nitrogen and oxygen atoms in total. The summed E-state index contributed by atoms with van der Waals surface area (Å²) in [5.41, 5.74) is 0.634. The van der Waals surface area contributed by atoms with Gasteiger partial charge in [-0.15, -0.1) is 0 Å². The maximum atomic E-state index is 12.5. The Balaban J connectivity index is 1.74. The fraction of sp³-hybridized carbons (Fsp3) is 0.500. The molecule has 1 saturated carbocycles. The van der Waals surface area contributed by atoms with Crippen LogP contribution in [0.5, 0.6) is 0 Å². The monoisotopic (exact) mass is 341 g/mol. The summed E-state index contributed by atoms with van der Waals surface area (Å²) in [5.74, 6) is 1.22. The quantitative estimate of drug-likeness (QED) is 0.894. The van der Waals surface area contributed by atoms with Gasteiger partial charge in [-0.3, -0.25) is 9.59 Å². The lowest BCUT2D eigenvalue weighted by Crippen LogP contribution is -2.34. The Morgan fingerprint density at radius 1 is 1.28 bits per heavy atom. The summed E-state index contributed by atoms with van der Waals surface area (Å²) < 4.78 is 0. The van der Waals surface area contributed by atoms with E-state index in [1.807, 2.05) is 7.05 Å². The largest absolute Gasteiger partial charge is 0.345 e. The van der Waals surface area contributed by atoms with Crippen LogP contribution in [0.15, 0.2) is 23.3 Å². The predicted molar refractivity (Wildman–Crippen MR) is 93.9 cm³/mol. The molecule has 3 rings (SSSR count). The van der Waals surface area contributed by atoms with Crippen molar-refractivity contribution in [2.24, 2.45) is 5.92 Å². The van der Waals surface area contributed by atoms with E-state index in [1.165, 1.54) is 25.7 Å². The molecular weight excluding hydrogens is 318 g/mol. The molecule has 2 heterocycles. The van der Waals surface area contributed by atoms with Crippen molar-refractivity contribution in [1.29, 1.82) is 0 Å². The van der Waals surface area contributed by atoms with E-state index >= 15 is 0 Å². The zero-order valence-corrected chi connectivity index (χ0v) is 14.7. The summed E-state index contributed by atoms with van der Waals surface area (Å²) in [7, 11) is 1.81. The van der Waals surface area contributed by atoms with Crippen LogP contribution in [-0.2, 0) is 11.2 Å². The van der Waals surface area contributed by atoms with E-state index in [2.05, 4.69) is 19.9 Å². The number of carbonyl (C=O) groups is 1. The summed E-state index contributed by atoms with van der Waals surface area (Å²) in [5, 5.41) is 0. The molecule has 1 aliphatic carbocycles. The van der Waals surface area contributed by atoms with Crippen LogP contribution in [0, 0.1) is 12.8 Å². The highest BCUT2D eigenvalue weighted by atomic mass is 16.2. The molecule has 0 spiro atoms. The van der Waals surface area contributed by atoms with Gasteiger partial charge in [0.05, 0.1) is 6.42 Å². The van der Waals surface area contributed by atoms with Crippen LogP contribution in [0.1, 0.15) is 36.9 Å². The Kier molecular flexibility index (Phi) is 5.21. The third-order valence-corrected chi connectivity index (χ3v) is 4.76. The smallest absolute Gasteiger partial charge is 0.255 e. The van der Waals surface area contributed by atoms with Crippen molar-refractivity contribution in [1.82, 2.24) is 24.8 Å². The van der Waals surface area contributed by atoms with Gasteiger partial charge in [-0.25, -0.2) is 15.0 Å². The van der Waals surface area contributed by atoms with Crippen molar-refractivity contribution < 1.29 is 4.79 Å². The molecule has 2 aromatic rings. The number of H-pyrrole nitrogens is 1. The van der Waals surface area contributed by atoms with Crippen LogP contribution < -0.4 is 5.56 Å². The molecule has 1 amide bonds. The zero-order chi connectivity index (χ0) is 17.8. The molecular formula is C18H23N5O2. The number of likely N-dealkylation sites (N-methyl/N-ethyl adjacent to an activating group) is 1. The number of nitrogens with one attached hydrogen (secondary N) is 1. The number of aromatic nitrogens is 4. The lowest BCUT2D eigenvalue weighted by Gasteiger charge is -2.21. The van der Waals surface area contributed by atoms with Gasteiger partial charge >= 0.3 is 0 Å². The van der Waals surface area contributed by atoms with Gasteiger partial charge in [0.15, 0.2) is 11.6 Å². The van der Waals surface area contributed by atoms with Crippen LogP contribution in [0.25, 0.3) is 11.6 Å². The first-order chi connectivity index (χ1) is 12.0. The number of aryl methyl sites for hydroxylation is 1. The minimum Gasteiger partial charge on any atom is -0.345 e. The minimum atomic E-state index is -0.308. The van der Waals surface area contributed by atoms with Gasteiger partial charge in [0.2, 0.25) is 5.91 Å². The van der Waals surface area contributed by atoms with Crippen LogP contribution in [-0.4, -0.2) is 44.3 Å². The van der Waals surface area contributed by atoms with E-state index < -0.39 is 0 Å². The number of amides is 1. The van der Waals surface area contributed by atoms with E-state index in [0.29, 0.717) is 28.8 Å². The zero-order valence-electron chi connectivity index (χ0n) is 14.7. The Labute approximate surface area is 146 Å². The van der Waals surface area contributed by atoms with Crippen molar-refractivity contribution in [3.63, 3.8) is 0 Å². The van der Waals surface area contributed by atoms with Crippen LogP contribution >= 0.6 is 0 Å². The highest BCUT2D eigenvalue weighted by Gasteiger charge is 2.21. The molecule has 0 aromatic carbocycles. The Bertz CT molecular complexity index is 797. The number of nitrogens with zero attached hydrogens (tertiary/aromatic N) is 4. The molecule has 0 radical (unpaired) electrons. The molecule has 0 atom stereocenters. The first kappa shape index (κ1) is 17.3. The average molecular weight is 341 g/mol. The summed E-state index contributed by atoms with van der Waals surface area (Å²) in [6.07, 6.45) is 8.11.